The van der Waals surface area contributed by atoms with E-state index in [1.54, 1.807) is 6.20 Å². The minimum absolute atomic E-state index is 0.413. The number of hydrogen-bond donors (Lipinski definition) is 0. The second-order valence-corrected chi connectivity index (χ2v) is 7.55. The largest absolute Gasteiger partial charge is 0.420 e. The number of halogens is 1. The van der Waals surface area contributed by atoms with Crippen molar-refractivity contribution >= 4 is 23.4 Å². The number of hydrogen-bond acceptors (Lipinski definition) is 5. The molecule has 0 spiro atoms. The van der Waals surface area contributed by atoms with Crippen LogP contribution in [0.4, 0.5) is 0 Å². The van der Waals surface area contributed by atoms with E-state index < -0.39 is 0 Å². The van der Waals surface area contributed by atoms with E-state index in [1.807, 2.05) is 46.9 Å². The molecule has 124 valence electrons. The van der Waals surface area contributed by atoms with Crippen molar-refractivity contribution in [2.24, 2.45) is 0 Å². The van der Waals surface area contributed by atoms with Gasteiger partial charge in [-0.3, -0.25) is 4.68 Å². The van der Waals surface area contributed by atoms with Crippen LogP contribution in [0.25, 0.3) is 11.5 Å². The molecule has 1 fully saturated rings. The van der Waals surface area contributed by atoms with Crippen molar-refractivity contribution in [2.75, 3.05) is 11.5 Å². The van der Waals surface area contributed by atoms with Gasteiger partial charge in [-0.2, -0.15) is 16.9 Å². The summed E-state index contributed by atoms with van der Waals surface area (Å²) in [4.78, 5) is 0. The SMILES string of the molecule is Clc1cnn(Cc2ccc(-c3nnc(C4CCSCC4)o3)cc2)c1. The third-order valence-electron chi connectivity index (χ3n) is 4.16. The van der Waals surface area contributed by atoms with Crippen LogP contribution < -0.4 is 0 Å². The summed E-state index contributed by atoms with van der Waals surface area (Å²) < 4.78 is 7.71. The molecule has 2 aromatic heterocycles. The van der Waals surface area contributed by atoms with E-state index in [-0.39, 0.29) is 0 Å². The van der Waals surface area contributed by atoms with E-state index in [0.717, 1.165) is 29.9 Å². The first-order valence-corrected chi connectivity index (χ1v) is 9.49. The van der Waals surface area contributed by atoms with Crippen LogP contribution in [0.2, 0.25) is 5.02 Å². The van der Waals surface area contributed by atoms with Gasteiger partial charge in [-0.15, -0.1) is 10.2 Å². The smallest absolute Gasteiger partial charge is 0.247 e. The van der Waals surface area contributed by atoms with E-state index in [1.165, 1.54) is 11.5 Å². The summed E-state index contributed by atoms with van der Waals surface area (Å²) >= 11 is 7.88. The molecule has 0 atom stereocenters. The standard InChI is InChI=1S/C17H17ClN4OS/c18-15-9-19-22(11-15)10-12-1-3-13(4-2-12)16-20-21-17(23-16)14-5-7-24-8-6-14/h1-4,9,11,14H,5-8,10H2. The van der Waals surface area contributed by atoms with Gasteiger partial charge >= 0.3 is 0 Å². The lowest BCUT2D eigenvalue weighted by Crippen LogP contribution is -2.07. The van der Waals surface area contributed by atoms with Crippen molar-refractivity contribution in [3.05, 3.63) is 53.1 Å². The summed E-state index contributed by atoms with van der Waals surface area (Å²) in [7, 11) is 0. The molecule has 0 bridgehead atoms. The van der Waals surface area contributed by atoms with Gasteiger partial charge in [-0.1, -0.05) is 23.7 Å². The van der Waals surface area contributed by atoms with Crippen molar-refractivity contribution in [3.63, 3.8) is 0 Å². The van der Waals surface area contributed by atoms with Gasteiger partial charge in [0.15, 0.2) is 0 Å². The molecule has 0 unspecified atom stereocenters. The molecule has 0 amide bonds. The third kappa shape index (κ3) is 3.49. The van der Waals surface area contributed by atoms with Crippen molar-refractivity contribution < 1.29 is 4.42 Å². The Balaban J connectivity index is 1.47. The van der Waals surface area contributed by atoms with Crippen LogP contribution >= 0.6 is 23.4 Å². The highest BCUT2D eigenvalue weighted by Crippen LogP contribution is 2.32. The number of rotatable bonds is 4. The summed E-state index contributed by atoms with van der Waals surface area (Å²) in [6.07, 6.45) is 5.69. The fourth-order valence-corrected chi connectivity index (χ4v) is 4.09. The normalized spacial score (nSPS) is 15.7. The maximum absolute atomic E-state index is 5.90. The van der Waals surface area contributed by atoms with E-state index in [2.05, 4.69) is 15.3 Å². The molecule has 3 aromatic rings. The van der Waals surface area contributed by atoms with Gasteiger partial charge in [-0.25, -0.2) is 0 Å². The highest BCUT2D eigenvalue weighted by atomic mass is 35.5. The number of benzene rings is 1. The predicted molar refractivity (Wildman–Crippen MR) is 95.4 cm³/mol. The fourth-order valence-electron chi connectivity index (χ4n) is 2.83. The summed E-state index contributed by atoms with van der Waals surface area (Å²) in [6, 6.07) is 8.11. The lowest BCUT2D eigenvalue weighted by Gasteiger charge is -2.17. The highest BCUT2D eigenvalue weighted by molar-refractivity contribution is 7.99. The predicted octanol–water partition coefficient (Wildman–Crippen LogP) is 4.25. The van der Waals surface area contributed by atoms with Crippen LogP contribution in [-0.2, 0) is 6.54 Å². The Morgan fingerprint density at radius 2 is 1.96 bits per heavy atom. The Morgan fingerprint density at radius 3 is 2.67 bits per heavy atom. The van der Waals surface area contributed by atoms with E-state index in [4.69, 9.17) is 16.0 Å². The Hall–Kier alpha value is -1.79. The Morgan fingerprint density at radius 1 is 1.17 bits per heavy atom. The number of nitrogens with zero attached hydrogens (tertiary/aromatic N) is 4. The maximum atomic E-state index is 5.90. The summed E-state index contributed by atoms with van der Waals surface area (Å²) in [5, 5.41) is 13.3. The molecular weight excluding hydrogens is 344 g/mol. The zero-order valence-electron chi connectivity index (χ0n) is 13.1. The van der Waals surface area contributed by atoms with E-state index in [0.29, 0.717) is 23.4 Å². The van der Waals surface area contributed by atoms with Crippen LogP contribution in [0.1, 0.15) is 30.2 Å². The Kier molecular flexibility index (Phi) is 4.58. The first-order chi connectivity index (χ1) is 11.8. The average Bonchev–Trinajstić information content (AvgIpc) is 3.26. The monoisotopic (exact) mass is 360 g/mol. The Bertz CT molecular complexity index is 808. The van der Waals surface area contributed by atoms with Crippen LogP contribution in [0, 0.1) is 0 Å². The van der Waals surface area contributed by atoms with Crippen molar-refractivity contribution in [1.29, 1.82) is 0 Å². The van der Waals surface area contributed by atoms with Crippen LogP contribution in [0.15, 0.2) is 41.1 Å². The van der Waals surface area contributed by atoms with Crippen molar-refractivity contribution in [2.45, 2.75) is 25.3 Å². The van der Waals surface area contributed by atoms with Crippen LogP contribution in [0.5, 0.6) is 0 Å². The van der Waals surface area contributed by atoms with Crippen LogP contribution in [-0.4, -0.2) is 31.5 Å². The molecule has 1 saturated heterocycles. The van der Waals surface area contributed by atoms with Crippen molar-refractivity contribution in [1.82, 2.24) is 20.0 Å². The second-order valence-electron chi connectivity index (χ2n) is 5.89. The lowest BCUT2D eigenvalue weighted by atomic mass is 10.0. The zero-order chi connectivity index (χ0) is 16.4. The minimum Gasteiger partial charge on any atom is -0.420 e. The summed E-state index contributed by atoms with van der Waals surface area (Å²) in [5.41, 5.74) is 2.09. The van der Waals surface area contributed by atoms with Gasteiger partial charge < -0.3 is 4.42 Å². The topological polar surface area (TPSA) is 56.7 Å². The fraction of sp³-hybridized carbons (Fsp3) is 0.353. The molecule has 1 aliphatic heterocycles. The van der Waals surface area contributed by atoms with Gasteiger partial charge in [0.05, 0.1) is 17.8 Å². The molecular formula is C17H17ClN4OS. The first-order valence-electron chi connectivity index (χ1n) is 7.96. The van der Waals surface area contributed by atoms with E-state index in [9.17, 15) is 0 Å². The summed E-state index contributed by atoms with van der Waals surface area (Å²) in [5.74, 6) is 4.14. The molecule has 24 heavy (non-hydrogen) atoms. The molecule has 0 N–H and O–H groups in total. The van der Waals surface area contributed by atoms with Gasteiger partial charge in [0.1, 0.15) is 0 Å². The number of thioether (sulfide) groups is 1. The van der Waals surface area contributed by atoms with Gasteiger partial charge in [0, 0.05) is 17.7 Å². The molecule has 7 heteroatoms. The number of aromatic nitrogens is 4. The van der Waals surface area contributed by atoms with Gasteiger partial charge in [0.25, 0.3) is 0 Å². The van der Waals surface area contributed by atoms with Gasteiger partial charge in [-0.05, 0) is 42.0 Å². The average molecular weight is 361 g/mol. The molecule has 1 aromatic carbocycles. The molecule has 0 saturated carbocycles. The Labute approximate surface area is 149 Å². The molecule has 4 rings (SSSR count). The molecule has 5 nitrogen and oxygen atoms in total. The first kappa shape index (κ1) is 15.7. The zero-order valence-corrected chi connectivity index (χ0v) is 14.6. The quantitative estimate of drug-likeness (QED) is 0.696. The minimum atomic E-state index is 0.413. The van der Waals surface area contributed by atoms with Crippen LogP contribution in [0.3, 0.4) is 0 Å². The third-order valence-corrected chi connectivity index (χ3v) is 5.40. The second kappa shape index (κ2) is 6.99. The highest BCUT2D eigenvalue weighted by Gasteiger charge is 2.21. The van der Waals surface area contributed by atoms with E-state index >= 15 is 0 Å². The summed E-state index contributed by atoms with van der Waals surface area (Å²) in [6.45, 7) is 0.682. The molecule has 1 aliphatic rings. The molecule has 3 heterocycles. The van der Waals surface area contributed by atoms with Gasteiger partial charge in [0.2, 0.25) is 11.8 Å². The molecule has 0 radical (unpaired) electrons. The lowest BCUT2D eigenvalue weighted by molar-refractivity contribution is 0.438. The van der Waals surface area contributed by atoms with Crippen molar-refractivity contribution in [3.8, 4) is 11.5 Å². The maximum Gasteiger partial charge on any atom is 0.247 e. The molecule has 0 aliphatic carbocycles.